The Morgan fingerprint density at radius 3 is 2.61 bits per heavy atom. The molecular formula is C14H13F2NO. The van der Waals surface area contributed by atoms with Gasteiger partial charge in [-0.3, -0.25) is 0 Å². The highest BCUT2D eigenvalue weighted by Gasteiger charge is 2.10. The van der Waals surface area contributed by atoms with E-state index in [1.54, 1.807) is 12.1 Å². The molecule has 0 bridgehead atoms. The predicted octanol–water partition coefficient (Wildman–Crippen LogP) is 3.52. The molecule has 18 heavy (non-hydrogen) atoms. The maximum atomic E-state index is 13.4. The second kappa shape index (κ2) is 5.14. The maximum absolute atomic E-state index is 13.4. The second-order valence-corrected chi connectivity index (χ2v) is 3.95. The van der Waals surface area contributed by atoms with Gasteiger partial charge in [0.2, 0.25) is 5.82 Å². The molecule has 0 saturated carbocycles. The molecule has 0 heterocycles. The highest BCUT2D eigenvalue weighted by Crippen LogP contribution is 2.27. The SMILES string of the molecule is Cc1cc(Oc2cccc(F)c2F)ccc1CN. The van der Waals surface area contributed by atoms with Crippen LogP contribution < -0.4 is 10.5 Å². The van der Waals surface area contributed by atoms with Gasteiger partial charge in [0, 0.05) is 6.54 Å². The number of hydrogen-bond donors (Lipinski definition) is 1. The van der Waals surface area contributed by atoms with Crippen molar-refractivity contribution in [2.45, 2.75) is 13.5 Å². The third kappa shape index (κ3) is 2.49. The van der Waals surface area contributed by atoms with Crippen LogP contribution in [0.2, 0.25) is 0 Å². The van der Waals surface area contributed by atoms with Gasteiger partial charge in [0.1, 0.15) is 5.75 Å². The standard InChI is InChI=1S/C14H13F2NO/c1-9-7-11(6-5-10(9)8-17)18-13-4-2-3-12(15)14(13)16/h2-7H,8,17H2,1H3. The third-order valence-corrected chi connectivity index (χ3v) is 2.68. The van der Waals surface area contributed by atoms with E-state index >= 15 is 0 Å². The number of rotatable bonds is 3. The molecule has 0 atom stereocenters. The summed E-state index contributed by atoms with van der Waals surface area (Å²) in [6, 6.07) is 9.05. The molecule has 4 heteroatoms. The lowest BCUT2D eigenvalue weighted by atomic mass is 10.1. The van der Waals surface area contributed by atoms with Gasteiger partial charge < -0.3 is 10.5 Å². The molecule has 0 unspecified atom stereocenters. The summed E-state index contributed by atoms with van der Waals surface area (Å²) in [5, 5.41) is 0. The van der Waals surface area contributed by atoms with E-state index in [1.165, 1.54) is 12.1 Å². The van der Waals surface area contributed by atoms with Gasteiger partial charge in [-0.05, 0) is 42.3 Å². The van der Waals surface area contributed by atoms with E-state index in [2.05, 4.69) is 0 Å². The van der Waals surface area contributed by atoms with Crippen molar-refractivity contribution in [3.05, 3.63) is 59.2 Å². The summed E-state index contributed by atoms with van der Waals surface area (Å²) >= 11 is 0. The van der Waals surface area contributed by atoms with E-state index in [0.717, 1.165) is 17.2 Å². The molecule has 2 nitrogen and oxygen atoms in total. The van der Waals surface area contributed by atoms with E-state index in [4.69, 9.17) is 10.5 Å². The topological polar surface area (TPSA) is 35.2 Å². The lowest BCUT2D eigenvalue weighted by molar-refractivity contribution is 0.416. The predicted molar refractivity (Wildman–Crippen MR) is 65.5 cm³/mol. The summed E-state index contributed by atoms with van der Waals surface area (Å²) < 4.78 is 31.7. The number of nitrogens with two attached hydrogens (primary N) is 1. The van der Waals surface area contributed by atoms with Crippen molar-refractivity contribution >= 4 is 0 Å². The van der Waals surface area contributed by atoms with Crippen molar-refractivity contribution in [3.63, 3.8) is 0 Å². The molecule has 0 aliphatic carbocycles. The van der Waals surface area contributed by atoms with Crippen LogP contribution >= 0.6 is 0 Å². The molecular weight excluding hydrogens is 236 g/mol. The van der Waals surface area contributed by atoms with Gasteiger partial charge in [0.15, 0.2) is 11.6 Å². The van der Waals surface area contributed by atoms with Crippen molar-refractivity contribution in [1.82, 2.24) is 0 Å². The van der Waals surface area contributed by atoms with Gasteiger partial charge in [-0.25, -0.2) is 4.39 Å². The maximum Gasteiger partial charge on any atom is 0.201 e. The summed E-state index contributed by atoms with van der Waals surface area (Å²) in [7, 11) is 0. The van der Waals surface area contributed by atoms with Crippen LogP contribution in [-0.2, 0) is 6.54 Å². The first kappa shape index (κ1) is 12.5. The Morgan fingerprint density at radius 2 is 1.94 bits per heavy atom. The quantitative estimate of drug-likeness (QED) is 0.903. The molecule has 0 spiro atoms. The van der Waals surface area contributed by atoms with Crippen molar-refractivity contribution in [2.75, 3.05) is 0 Å². The lowest BCUT2D eigenvalue weighted by Crippen LogP contribution is -1.99. The minimum absolute atomic E-state index is 0.130. The monoisotopic (exact) mass is 249 g/mol. The minimum Gasteiger partial charge on any atom is -0.454 e. The van der Waals surface area contributed by atoms with Gasteiger partial charge >= 0.3 is 0 Å². The smallest absolute Gasteiger partial charge is 0.201 e. The average molecular weight is 249 g/mol. The molecule has 0 fully saturated rings. The number of halogens is 2. The van der Waals surface area contributed by atoms with E-state index in [0.29, 0.717) is 12.3 Å². The van der Waals surface area contributed by atoms with E-state index in [1.807, 2.05) is 13.0 Å². The zero-order valence-electron chi connectivity index (χ0n) is 9.91. The highest BCUT2D eigenvalue weighted by atomic mass is 19.2. The zero-order chi connectivity index (χ0) is 13.1. The molecule has 0 aliphatic heterocycles. The van der Waals surface area contributed by atoms with E-state index < -0.39 is 11.6 Å². The summed E-state index contributed by atoms with van der Waals surface area (Å²) in [6.45, 7) is 2.32. The molecule has 0 saturated heterocycles. The molecule has 0 amide bonds. The van der Waals surface area contributed by atoms with Crippen LogP contribution in [0.15, 0.2) is 36.4 Å². The Bertz CT molecular complexity index is 570. The van der Waals surface area contributed by atoms with Gasteiger partial charge in [-0.2, -0.15) is 4.39 Å². The fourth-order valence-electron chi connectivity index (χ4n) is 1.65. The Balaban J connectivity index is 2.29. The summed E-state index contributed by atoms with van der Waals surface area (Å²) in [6.07, 6.45) is 0. The molecule has 2 N–H and O–H groups in total. The molecule has 0 radical (unpaired) electrons. The van der Waals surface area contributed by atoms with Crippen molar-refractivity contribution < 1.29 is 13.5 Å². The van der Waals surface area contributed by atoms with Crippen molar-refractivity contribution in [2.24, 2.45) is 5.73 Å². The first-order valence-corrected chi connectivity index (χ1v) is 5.53. The van der Waals surface area contributed by atoms with Crippen LogP contribution in [0.3, 0.4) is 0 Å². The third-order valence-electron chi connectivity index (χ3n) is 2.68. The van der Waals surface area contributed by atoms with Crippen molar-refractivity contribution in [1.29, 1.82) is 0 Å². The zero-order valence-corrected chi connectivity index (χ0v) is 9.91. The van der Waals surface area contributed by atoms with Gasteiger partial charge in [0.05, 0.1) is 0 Å². The summed E-state index contributed by atoms with van der Waals surface area (Å²) in [5.74, 6) is -1.59. The number of aryl methyl sites for hydroxylation is 1. The van der Waals surface area contributed by atoms with Crippen LogP contribution in [-0.4, -0.2) is 0 Å². The summed E-state index contributed by atoms with van der Waals surface area (Å²) in [5.41, 5.74) is 7.49. The van der Waals surface area contributed by atoms with Crippen LogP contribution in [0.4, 0.5) is 8.78 Å². The molecule has 2 rings (SSSR count). The Kier molecular flexibility index (Phi) is 3.58. The Labute approximate surface area is 104 Å². The van der Waals surface area contributed by atoms with Gasteiger partial charge in [-0.1, -0.05) is 12.1 Å². The molecule has 2 aromatic carbocycles. The number of benzene rings is 2. The fraction of sp³-hybridized carbons (Fsp3) is 0.143. The van der Waals surface area contributed by atoms with Gasteiger partial charge in [-0.15, -0.1) is 0 Å². The molecule has 0 aliphatic rings. The van der Waals surface area contributed by atoms with E-state index in [9.17, 15) is 8.78 Å². The average Bonchev–Trinajstić information content (AvgIpc) is 2.35. The van der Waals surface area contributed by atoms with Gasteiger partial charge in [0.25, 0.3) is 0 Å². The minimum atomic E-state index is -0.988. The highest BCUT2D eigenvalue weighted by molar-refractivity contribution is 5.38. The first-order chi connectivity index (χ1) is 8.61. The van der Waals surface area contributed by atoms with Crippen molar-refractivity contribution in [3.8, 4) is 11.5 Å². The lowest BCUT2D eigenvalue weighted by Gasteiger charge is -2.09. The normalized spacial score (nSPS) is 10.4. The number of hydrogen-bond acceptors (Lipinski definition) is 2. The van der Waals surface area contributed by atoms with Crippen LogP contribution in [0, 0.1) is 18.6 Å². The van der Waals surface area contributed by atoms with E-state index in [-0.39, 0.29) is 5.75 Å². The van der Waals surface area contributed by atoms with Crippen LogP contribution in [0.25, 0.3) is 0 Å². The van der Waals surface area contributed by atoms with Crippen LogP contribution in [0.1, 0.15) is 11.1 Å². The number of ether oxygens (including phenoxy) is 1. The largest absolute Gasteiger partial charge is 0.454 e. The first-order valence-electron chi connectivity index (χ1n) is 5.53. The molecule has 94 valence electrons. The summed E-state index contributed by atoms with van der Waals surface area (Å²) in [4.78, 5) is 0. The molecule has 2 aromatic rings. The Hall–Kier alpha value is -1.94. The van der Waals surface area contributed by atoms with Crippen LogP contribution in [0.5, 0.6) is 11.5 Å². The fourth-order valence-corrected chi connectivity index (χ4v) is 1.65. The molecule has 0 aromatic heterocycles. The second-order valence-electron chi connectivity index (χ2n) is 3.95. The Morgan fingerprint density at radius 1 is 1.17 bits per heavy atom.